The fourth-order valence-electron chi connectivity index (χ4n) is 1.68. The zero-order chi connectivity index (χ0) is 16.5. The molecule has 1 aromatic carbocycles. The molecule has 0 radical (unpaired) electrons. The molecule has 0 heterocycles. The van der Waals surface area contributed by atoms with Gasteiger partial charge in [0, 0.05) is 6.08 Å². The molecule has 3 N–H and O–H groups in total. The largest absolute Gasteiger partial charge is 0.490 e. The Morgan fingerprint density at radius 2 is 1.86 bits per heavy atom. The van der Waals surface area contributed by atoms with E-state index in [9.17, 15) is 9.59 Å². The van der Waals surface area contributed by atoms with Gasteiger partial charge in [-0.2, -0.15) is 0 Å². The summed E-state index contributed by atoms with van der Waals surface area (Å²) in [6.45, 7) is 6.37. The molecule has 120 valence electrons. The molecule has 0 aliphatic carbocycles. The summed E-state index contributed by atoms with van der Waals surface area (Å²) in [5.41, 5.74) is 5.87. The lowest BCUT2D eigenvalue weighted by atomic mass is 10.2. The van der Waals surface area contributed by atoms with Crippen LogP contribution in [0.3, 0.4) is 0 Å². The van der Waals surface area contributed by atoms with Crippen LogP contribution < -0.4 is 20.5 Å². The van der Waals surface area contributed by atoms with Crippen LogP contribution in [0.4, 0.5) is 0 Å². The number of ether oxygens (including phenoxy) is 2. The minimum absolute atomic E-state index is 0.391. The average molecular weight is 306 g/mol. The van der Waals surface area contributed by atoms with Crippen molar-refractivity contribution in [2.24, 2.45) is 5.73 Å². The highest BCUT2D eigenvalue weighted by atomic mass is 16.5. The molecule has 0 saturated heterocycles. The molecule has 0 saturated carbocycles. The highest BCUT2D eigenvalue weighted by Gasteiger charge is 2.10. The molecule has 0 spiro atoms. The highest BCUT2D eigenvalue weighted by Crippen LogP contribution is 2.28. The van der Waals surface area contributed by atoms with Crippen molar-refractivity contribution in [2.75, 3.05) is 13.2 Å². The lowest BCUT2D eigenvalue weighted by Gasteiger charge is -2.11. The molecule has 1 rings (SSSR count). The Morgan fingerprint density at radius 1 is 1.23 bits per heavy atom. The van der Waals surface area contributed by atoms with Crippen LogP contribution in [0.25, 0.3) is 6.08 Å². The summed E-state index contributed by atoms with van der Waals surface area (Å²) in [6, 6.07) is 4.68. The third kappa shape index (κ3) is 5.47. The number of primary amides is 1. The number of hydrogen-bond acceptors (Lipinski definition) is 4. The van der Waals surface area contributed by atoms with Crippen LogP contribution in [0.15, 0.2) is 24.3 Å². The standard InChI is InChI=1S/C16H22N2O4/c1-4-21-13-8-6-12(10-14(13)22-5-2)7-9-15(19)18-11(3)16(17)20/h6-11H,4-5H2,1-3H3,(H2,17,20)(H,18,19)/b9-7+. The van der Waals surface area contributed by atoms with Gasteiger partial charge in [0.25, 0.3) is 0 Å². The minimum Gasteiger partial charge on any atom is -0.490 e. The van der Waals surface area contributed by atoms with Crippen LogP contribution in [-0.4, -0.2) is 31.1 Å². The van der Waals surface area contributed by atoms with E-state index in [1.165, 1.54) is 13.0 Å². The van der Waals surface area contributed by atoms with Gasteiger partial charge in [0.1, 0.15) is 6.04 Å². The number of benzene rings is 1. The van der Waals surface area contributed by atoms with Crippen molar-refractivity contribution in [2.45, 2.75) is 26.8 Å². The molecule has 0 aromatic heterocycles. The molecule has 6 heteroatoms. The van der Waals surface area contributed by atoms with Crippen LogP contribution in [0.5, 0.6) is 11.5 Å². The van der Waals surface area contributed by atoms with Gasteiger partial charge in [0.2, 0.25) is 11.8 Å². The molecule has 1 atom stereocenters. The normalized spacial score (nSPS) is 12.0. The molecule has 1 unspecified atom stereocenters. The van der Waals surface area contributed by atoms with E-state index in [0.717, 1.165) is 5.56 Å². The van der Waals surface area contributed by atoms with Crippen LogP contribution in [-0.2, 0) is 9.59 Å². The summed E-state index contributed by atoms with van der Waals surface area (Å²) in [5.74, 6) is 0.310. The Bertz CT molecular complexity index is 555. The third-order valence-electron chi connectivity index (χ3n) is 2.78. The third-order valence-corrected chi connectivity index (χ3v) is 2.78. The van der Waals surface area contributed by atoms with Gasteiger partial charge in [-0.15, -0.1) is 0 Å². The number of carbonyl (C=O) groups excluding carboxylic acids is 2. The summed E-state index contributed by atoms with van der Waals surface area (Å²) < 4.78 is 11.0. The predicted octanol–water partition coefficient (Wildman–Crippen LogP) is 1.49. The van der Waals surface area contributed by atoms with E-state index >= 15 is 0 Å². The Morgan fingerprint density at radius 3 is 2.45 bits per heavy atom. The van der Waals surface area contributed by atoms with Gasteiger partial charge < -0.3 is 20.5 Å². The zero-order valence-electron chi connectivity index (χ0n) is 13.1. The van der Waals surface area contributed by atoms with Gasteiger partial charge in [-0.1, -0.05) is 6.07 Å². The van der Waals surface area contributed by atoms with E-state index in [1.807, 2.05) is 19.9 Å². The van der Waals surface area contributed by atoms with Crippen molar-refractivity contribution in [1.29, 1.82) is 0 Å². The molecule has 2 amide bonds. The molecule has 0 aliphatic heterocycles. The minimum atomic E-state index is -0.712. The van der Waals surface area contributed by atoms with Gasteiger partial charge in [-0.25, -0.2) is 0 Å². The Labute approximate surface area is 130 Å². The van der Waals surface area contributed by atoms with E-state index in [-0.39, 0.29) is 0 Å². The maximum atomic E-state index is 11.6. The van der Waals surface area contributed by atoms with Gasteiger partial charge in [-0.05, 0) is 44.5 Å². The first-order valence-corrected chi connectivity index (χ1v) is 7.15. The molecule has 0 aliphatic rings. The van der Waals surface area contributed by atoms with Gasteiger partial charge >= 0.3 is 0 Å². The topological polar surface area (TPSA) is 90.6 Å². The Hall–Kier alpha value is -2.50. The maximum absolute atomic E-state index is 11.6. The van der Waals surface area contributed by atoms with Crippen LogP contribution in [0.2, 0.25) is 0 Å². The van der Waals surface area contributed by atoms with E-state index < -0.39 is 17.9 Å². The smallest absolute Gasteiger partial charge is 0.244 e. The summed E-state index contributed by atoms with van der Waals surface area (Å²) in [4.78, 5) is 22.5. The molecule has 22 heavy (non-hydrogen) atoms. The lowest BCUT2D eigenvalue weighted by molar-refractivity contribution is -0.124. The monoisotopic (exact) mass is 306 g/mol. The summed E-state index contributed by atoms with van der Waals surface area (Å²) in [6.07, 6.45) is 2.96. The van der Waals surface area contributed by atoms with Gasteiger partial charge in [-0.3, -0.25) is 9.59 Å². The summed E-state index contributed by atoms with van der Waals surface area (Å²) >= 11 is 0. The number of nitrogens with one attached hydrogen (secondary N) is 1. The molecule has 6 nitrogen and oxygen atoms in total. The molecule has 0 bridgehead atoms. The summed E-state index contributed by atoms with van der Waals surface area (Å²) in [5, 5.41) is 2.46. The first-order chi connectivity index (χ1) is 10.5. The van der Waals surface area contributed by atoms with E-state index in [4.69, 9.17) is 15.2 Å². The van der Waals surface area contributed by atoms with Crippen molar-refractivity contribution in [3.8, 4) is 11.5 Å². The number of amides is 2. The van der Waals surface area contributed by atoms with Crippen LogP contribution in [0, 0.1) is 0 Å². The molecular formula is C16H22N2O4. The molecular weight excluding hydrogens is 284 g/mol. The van der Waals surface area contributed by atoms with Gasteiger partial charge in [0.15, 0.2) is 11.5 Å². The number of nitrogens with two attached hydrogens (primary N) is 1. The Balaban J connectivity index is 2.80. The maximum Gasteiger partial charge on any atom is 0.244 e. The fraction of sp³-hybridized carbons (Fsp3) is 0.375. The quantitative estimate of drug-likeness (QED) is 0.712. The molecule has 1 aromatic rings. The summed E-state index contributed by atoms with van der Waals surface area (Å²) in [7, 11) is 0. The SMILES string of the molecule is CCOc1ccc(/C=C/C(=O)NC(C)C(N)=O)cc1OCC. The van der Waals surface area contributed by atoms with E-state index in [2.05, 4.69) is 5.32 Å². The molecule has 0 fully saturated rings. The second-order valence-corrected chi connectivity index (χ2v) is 4.54. The lowest BCUT2D eigenvalue weighted by Crippen LogP contribution is -2.41. The first kappa shape index (κ1) is 17.6. The second-order valence-electron chi connectivity index (χ2n) is 4.54. The average Bonchev–Trinajstić information content (AvgIpc) is 2.47. The van der Waals surface area contributed by atoms with Crippen molar-refractivity contribution in [1.82, 2.24) is 5.32 Å². The number of hydrogen-bond donors (Lipinski definition) is 2. The zero-order valence-corrected chi connectivity index (χ0v) is 13.1. The van der Waals surface area contributed by atoms with E-state index in [1.54, 1.807) is 18.2 Å². The van der Waals surface area contributed by atoms with Crippen molar-refractivity contribution in [3.63, 3.8) is 0 Å². The van der Waals surface area contributed by atoms with Crippen LogP contribution >= 0.6 is 0 Å². The van der Waals surface area contributed by atoms with E-state index in [0.29, 0.717) is 24.7 Å². The number of carbonyl (C=O) groups is 2. The van der Waals surface area contributed by atoms with Gasteiger partial charge in [0.05, 0.1) is 13.2 Å². The van der Waals surface area contributed by atoms with Crippen molar-refractivity contribution >= 4 is 17.9 Å². The van der Waals surface area contributed by atoms with Crippen LogP contribution in [0.1, 0.15) is 26.3 Å². The fourth-order valence-corrected chi connectivity index (χ4v) is 1.68. The Kier molecular flexibility index (Phi) is 6.95. The van der Waals surface area contributed by atoms with Crippen molar-refractivity contribution in [3.05, 3.63) is 29.8 Å². The highest BCUT2D eigenvalue weighted by molar-refractivity contribution is 5.95. The second kappa shape index (κ2) is 8.71. The van der Waals surface area contributed by atoms with Crippen molar-refractivity contribution < 1.29 is 19.1 Å². The number of rotatable bonds is 8. The predicted molar refractivity (Wildman–Crippen MR) is 84.6 cm³/mol. The first-order valence-electron chi connectivity index (χ1n) is 7.15.